The Kier molecular flexibility index (Phi) is 2.90. The lowest BCUT2D eigenvalue weighted by Gasteiger charge is -2.24. The molecule has 3 heteroatoms. The zero-order chi connectivity index (χ0) is 14.2. The Bertz CT molecular complexity index is 676. The second kappa shape index (κ2) is 4.60. The number of carbonyl (C=O) groups excluding carboxylic acids is 2. The molecule has 3 nitrogen and oxygen atoms in total. The molecule has 0 N–H and O–H groups in total. The van der Waals surface area contributed by atoms with Crippen molar-refractivity contribution < 1.29 is 14.3 Å². The molecule has 0 radical (unpaired) electrons. The van der Waals surface area contributed by atoms with E-state index in [1.807, 2.05) is 36.4 Å². The maximum absolute atomic E-state index is 12.8. The fourth-order valence-electron chi connectivity index (χ4n) is 2.90. The van der Waals surface area contributed by atoms with Crippen LogP contribution in [0.3, 0.4) is 0 Å². The van der Waals surface area contributed by atoms with Gasteiger partial charge in [0.05, 0.1) is 7.11 Å². The van der Waals surface area contributed by atoms with Gasteiger partial charge in [-0.25, -0.2) is 0 Å². The van der Waals surface area contributed by atoms with Gasteiger partial charge in [-0.2, -0.15) is 0 Å². The first-order valence-corrected chi connectivity index (χ1v) is 6.47. The second-order valence-electron chi connectivity index (χ2n) is 4.93. The number of fused-ring (bicyclic) bond motifs is 1. The van der Waals surface area contributed by atoms with E-state index in [4.69, 9.17) is 4.74 Å². The number of ether oxygens (including phenoxy) is 1. The minimum absolute atomic E-state index is 0.175. The van der Waals surface area contributed by atoms with Crippen molar-refractivity contribution in [2.24, 2.45) is 0 Å². The number of methoxy groups -OCH3 is 1. The Balaban J connectivity index is 2.21. The molecule has 1 atom stereocenters. The topological polar surface area (TPSA) is 43.4 Å². The second-order valence-corrected chi connectivity index (χ2v) is 4.93. The van der Waals surface area contributed by atoms with Gasteiger partial charge in [0.25, 0.3) is 0 Å². The summed E-state index contributed by atoms with van der Waals surface area (Å²) < 4.78 is 4.93. The Labute approximate surface area is 117 Å². The molecule has 0 saturated carbocycles. The van der Waals surface area contributed by atoms with Gasteiger partial charge in [0.15, 0.2) is 11.2 Å². The number of rotatable bonds is 2. The van der Waals surface area contributed by atoms with Crippen molar-refractivity contribution >= 4 is 11.8 Å². The van der Waals surface area contributed by atoms with Crippen molar-refractivity contribution in [1.29, 1.82) is 0 Å². The van der Waals surface area contributed by atoms with E-state index < -0.39 is 11.4 Å². The first kappa shape index (κ1) is 12.6. The van der Waals surface area contributed by atoms with E-state index in [9.17, 15) is 9.59 Å². The van der Waals surface area contributed by atoms with Crippen LogP contribution in [0, 0.1) is 0 Å². The molecule has 2 aromatic rings. The van der Waals surface area contributed by atoms with Crippen LogP contribution in [-0.4, -0.2) is 18.9 Å². The molecular weight excluding hydrogens is 252 g/mol. The van der Waals surface area contributed by atoms with Crippen LogP contribution in [0.25, 0.3) is 0 Å². The van der Waals surface area contributed by atoms with E-state index >= 15 is 0 Å². The van der Waals surface area contributed by atoms with Gasteiger partial charge >= 0.3 is 5.97 Å². The molecule has 2 aromatic carbocycles. The molecule has 100 valence electrons. The maximum Gasteiger partial charge on any atom is 0.324 e. The molecular formula is C17H14O3. The molecule has 1 aliphatic rings. The van der Waals surface area contributed by atoms with Crippen LogP contribution in [0.1, 0.15) is 21.5 Å². The van der Waals surface area contributed by atoms with Crippen LogP contribution in [0.2, 0.25) is 0 Å². The first-order chi connectivity index (χ1) is 9.70. The molecule has 20 heavy (non-hydrogen) atoms. The molecule has 0 fully saturated rings. The lowest BCUT2D eigenvalue weighted by Crippen LogP contribution is -2.42. The highest BCUT2D eigenvalue weighted by molar-refractivity contribution is 6.20. The van der Waals surface area contributed by atoms with Crippen molar-refractivity contribution in [3.8, 4) is 0 Å². The van der Waals surface area contributed by atoms with Crippen LogP contribution in [0.15, 0.2) is 54.6 Å². The summed E-state index contributed by atoms with van der Waals surface area (Å²) in [6.45, 7) is 0. The molecule has 0 spiro atoms. The van der Waals surface area contributed by atoms with E-state index in [0.29, 0.717) is 17.5 Å². The van der Waals surface area contributed by atoms with Gasteiger partial charge in [0.1, 0.15) is 0 Å². The number of carbonyl (C=O) groups is 2. The third-order valence-corrected chi connectivity index (χ3v) is 3.91. The molecule has 0 heterocycles. The predicted molar refractivity (Wildman–Crippen MR) is 74.6 cm³/mol. The number of benzene rings is 2. The lowest BCUT2D eigenvalue weighted by molar-refractivity contribution is -0.145. The zero-order valence-corrected chi connectivity index (χ0v) is 11.1. The van der Waals surface area contributed by atoms with E-state index in [2.05, 4.69) is 0 Å². The summed E-state index contributed by atoms with van der Waals surface area (Å²) in [7, 11) is 1.32. The molecule has 0 bridgehead atoms. The van der Waals surface area contributed by atoms with Crippen molar-refractivity contribution in [3.63, 3.8) is 0 Å². The number of Topliss-reactive ketones (excluding diaryl/α,β-unsaturated/α-hetero) is 1. The van der Waals surface area contributed by atoms with Crippen LogP contribution in [0.5, 0.6) is 0 Å². The van der Waals surface area contributed by atoms with Gasteiger partial charge in [0.2, 0.25) is 0 Å². The number of hydrogen-bond acceptors (Lipinski definition) is 3. The number of hydrogen-bond donors (Lipinski definition) is 0. The summed E-state index contributed by atoms with van der Waals surface area (Å²) in [5.41, 5.74) is 0.959. The van der Waals surface area contributed by atoms with Gasteiger partial charge in [-0.15, -0.1) is 0 Å². The smallest absolute Gasteiger partial charge is 0.324 e. The largest absolute Gasteiger partial charge is 0.468 e. The summed E-state index contributed by atoms with van der Waals surface area (Å²) in [5.74, 6) is -0.670. The lowest BCUT2D eigenvalue weighted by atomic mass is 9.77. The van der Waals surface area contributed by atoms with E-state index in [-0.39, 0.29) is 5.78 Å². The van der Waals surface area contributed by atoms with E-state index in [1.54, 1.807) is 18.2 Å². The Morgan fingerprint density at radius 3 is 2.35 bits per heavy atom. The van der Waals surface area contributed by atoms with Crippen molar-refractivity contribution in [1.82, 2.24) is 0 Å². The number of esters is 1. The van der Waals surface area contributed by atoms with Gasteiger partial charge in [-0.05, 0) is 11.1 Å². The zero-order valence-electron chi connectivity index (χ0n) is 11.1. The SMILES string of the molecule is COC(=O)C1(c2ccccc2)Cc2ccccc2C1=O. The number of ketones is 1. The molecule has 0 aromatic heterocycles. The van der Waals surface area contributed by atoms with Crippen LogP contribution < -0.4 is 0 Å². The Morgan fingerprint density at radius 1 is 1.05 bits per heavy atom. The van der Waals surface area contributed by atoms with Gasteiger partial charge in [-0.3, -0.25) is 9.59 Å². The third-order valence-electron chi connectivity index (χ3n) is 3.91. The quantitative estimate of drug-likeness (QED) is 0.619. The monoisotopic (exact) mass is 266 g/mol. The fraction of sp³-hybridized carbons (Fsp3) is 0.176. The Hall–Kier alpha value is -2.42. The van der Waals surface area contributed by atoms with Crippen molar-refractivity contribution in [2.45, 2.75) is 11.8 Å². The highest BCUT2D eigenvalue weighted by atomic mass is 16.5. The summed E-state index contributed by atoms with van der Waals surface area (Å²) in [4.78, 5) is 25.2. The van der Waals surface area contributed by atoms with Crippen LogP contribution >= 0.6 is 0 Å². The average Bonchev–Trinajstić information content (AvgIpc) is 2.82. The normalized spacial score (nSPS) is 20.6. The molecule has 0 saturated heterocycles. The van der Waals surface area contributed by atoms with Crippen LogP contribution in [-0.2, 0) is 21.4 Å². The highest BCUT2D eigenvalue weighted by Crippen LogP contribution is 2.40. The molecule has 3 rings (SSSR count). The van der Waals surface area contributed by atoms with Gasteiger partial charge < -0.3 is 4.74 Å². The summed E-state index contributed by atoms with van der Waals surface area (Å²) >= 11 is 0. The maximum atomic E-state index is 12.8. The van der Waals surface area contributed by atoms with Gasteiger partial charge in [-0.1, -0.05) is 54.6 Å². The highest BCUT2D eigenvalue weighted by Gasteiger charge is 2.53. The minimum atomic E-state index is -1.24. The average molecular weight is 266 g/mol. The van der Waals surface area contributed by atoms with Crippen LogP contribution in [0.4, 0.5) is 0 Å². The molecule has 0 aliphatic heterocycles. The summed E-state index contributed by atoms with van der Waals surface area (Å²) in [6, 6.07) is 16.5. The van der Waals surface area contributed by atoms with E-state index in [0.717, 1.165) is 5.56 Å². The first-order valence-electron chi connectivity index (χ1n) is 6.47. The molecule has 1 unspecified atom stereocenters. The predicted octanol–water partition coefficient (Wildman–Crippen LogP) is 2.54. The Morgan fingerprint density at radius 2 is 1.70 bits per heavy atom. The summed E-state index contributed by atoms with van der Waals surface area (Å²) in [5, 5.41) is 0. The van der Waals surface area contributed by atoms with Crippen molar-refractivity contribution in [2.75, 3.05) is 7.11 Å². The fourth-order valence-corrected chi connectivity index (χ4v) is 2.90. The van der Waals surface area contributed by atoms with Crippen molar-refractivity contribution in [3.05, 3.63) is 71.3 Å². The molecule has 1 aliphatic carbocycles. The van der Waals surface area contributed by atoms with E-state index in [1.165, 1.54) is 7.11 Å². The standard InChI is InChI=1S/C17H14O3/c1-20-16(19)17(13-8-3-2-4-9-13)11-12-7-5-6-10-14(12)15(17)18/h2-10H,11H2,1H3. The minimum Gasteiger partial charge on any atom is -0.468 e. The molecule has 0 amide bonds. The third kappa shape index (κ3) is 1.59. The summed E-state index contributed by atoms with van der Waals surface area (Å²) in [6.07, 6.45) is 0.360. The van der Waals surface area contributed by atoms with Gasteiger partial charge in [0, 0.05) is 12.0 Å².